The minimum absolute atomic E-state index is 0. The van der Waals surface area contributed by atoms with Crippen molar-refractivity contribution < 1.29 is 106 Å². The van der Waals surface area contributed by atoms with Crippen LogP contribution < -0.4 is 86.0 Å². The van der Waals surface area contributed by atoms with Crippen LogP contribution in [0, 0.1) is 15.3 Å². The molecule has 0 aromatic rings. The van der Waals surface area contributed by atoms with Crippen molar-refractivity contribution in [3.63, 3.8) is 0 Å². The zero-order chi connectivity index (χ0) is 8.73. The molecule has 8 nitrogen and oxygen atoms in total. The van der Waals surface area contributed by atoms with Crippen LogP contribution in [0.25, 0.3) is 0 Å². The molecule has 0 bridgehead atoms. The fraction of sp³-hybridized carbons (Fsp3) is 0. The van der Waals surface area contributed by atoms with Crippen molar-refractivity contribution in [2.45, 2.75) is 0 Å². The van der Waals surface area contributed by atoms with Gasteiger partial charge < -0.3 is 30.3 Å². The zero-order valence-electron chi connectivity index (χ0n) is 6.34. The molecule has 10 heteroatoms. The molecule has 0 aliphatic rings. The van der Waals surface area contributed by atoms with E-state index >= 15 is 0 Å². The summed E-state index contributed by atoms with van der Waals surface area (Å²) in [5, 5.41) is 31.1. The molecule has 0 spiro atoms. The van der Waals surface area contributed by atoms with Crippen LogP contribution in [0.2, 0.25) is 0 Å². The quantitative estimate of drug-likeness (QED) is 0.182. The normalized spacial score (nSPS) is 5.67. The monoisotopic (exact) mass is 213 g/mol. The second-order valence-corrected chi connectivity index (χ2v) is 0.816. The Bertz CT molecular complexity index is 143. The van der Waals surface area contributed by atoms with Gasteiger partial charge in [-0.3, -0.25) is 0 Å². The second-order valence-electron chi connectivity index (χ2n) is 0.816. The van der Waals surface area contributed by atoms with E-state index in [1.807, 2.05) is 0 Å². The number of carbonyl (C=O) groups is 2. The van der Waals surface area contributed by atoms with Gasteiger partial charge in [-0.05, 0) is 0 Å². The number of rotatable bonds is 0. The first-order valence-corrected chi connectivity index (χ1v) is 1.63. The molecular weight excluding hydrogens is 212 g/mol. The van der Waals surface area contributed by atoms with E-state index in [-0.39, 0.29) is 80.9 Å². The molecule has 0 saturated carbocycles. The molecule has 0 aliphatic carbocycles. The van der Waals surface area contributed by atoms with E-state index in [2.05, 4.69) is 0 Å². The van der Waals surface area contributed by atoms with Gasteiger partial charge in [-0.15, -0.1) is 0 Å². The van der Waals surface area contributed by atoms with Crippen LogP contribution in [0.4, 0.5) is 0 Å². The Morgan fingerprint density at radius 2 is 1.33 bits per heavy atom. The maximum absolute atomic E-state index is 9.04. The topological polar surface area (TPSA) is 144 Å². The third-order valence-corrected chi connectivity index (χ3v) is 0.175. The van der Waals surface area contributed by atoms with Crippen molar-refractivity contribution in [3.8, 4) is 0 Å². The third kappa shape index (κ3) is 45.1. The van der Waals surface area contributed by atoms with Crippen molar-refractivity contribution in [3.05, 3.63) is 15.3 Å². The largest absolute Gasteiger partial charge is 1.00 e. The first-order valence-electron chi connectivity index (χ1n) is 1.63. The molecule has 0 rings (SSSR count). The maximum Gasteiger partial charge on any atom is 1.00 e. The minimum Gasteiger partial charge on any atom is -0.539 e. The Kier molecular flexibility index (Phi) is 27.4. The molecule has 1 N–H and O–H groups in total. The molecule has 0 unspecified atom stereocenters. The summed E-state index contributed by atoms with van der Waals surface area (Å²) < 4.78 is 0. The summed E-state index contributed by atoms with van der Waals surface area (Å²) in [7, 11) is 0. The molecule has 58 valence electrons. The predicted octanol–water partition coefficient (Wildman–Crippen LogP) is -8.41. The van der Waals surface area contributed by atoms with E-state index in [4.69, 9.17) is 35.1 Å². The van der Waals surface area contributed by atoms with E-state index in [0.29, 0.717) is 0 Å². The van der Waals surface area contributed by atoms with Crippen LogP contribution in [0.1, 0.15) is 0 Å². The average molecular weight is 213 g/mol. The number of hydrogen-bond acceptors (Lipinski definition) is 6. The summed E-state index contributed by atoms with van der Waals surface area (Å²) >= 11 is 0. The molecule has 0 atom stereocenters. The summed E-state index contributed by atoms with van der Waals surface area (Å²) in [4.78, 5) is 26.3. The Hall–Kier alpha value is 0.776. The smallest absolute Gasteiger partial charge is 0.539 e. The molecule has 12 heavy (non-hydrogen) atoms. The van der Waals surface area contributed by atoms with E-state index in [0.717, 1.165) is 0 Å². The second kappa shape index (κ2) is 14.3. The summed E-state index contributed by atoms with van der Waals surface area (Å²) in [6, 6.07) is 0. The first-order chi connectivity index (χ1) is 4.37. The molecule has 0 saturated heterocycles. The third-order valence-electron chi connectivity index (χ3n) is 0.175. The molecule has 0 amide bonds. The van der Waals surface area contributed by atoms with E-state index in [9.17, 15) is 0 Å². The van der Waals surface area contributed by atoms with E-state index in [1.54, 1.807) is 0 Å². The Balaban J connectivity index is -0.0000000483. The fourth-order valence-electron chi connectivity index (χ4n) is 0. The average Bonchev–Trinajstić information content (AvgIpc) is 1.63. The van der Waals surface area contributed by atoms with Gasteiger partial charge in [-0.2, -0.15) is 0 Å². The fourth-order valence-corrected chi connectivity index (χ4v) is 0. The van der Waals surface area contributed by atoms with Crippen LogP contribution in [0.5, 0.6) is 0 Å². The SMILES string of the molecule is O=C([O-])C(=O)O.O=[N+]([O-])[O-].[K+].[Na+]. The predicted molar refractivity (Wildman–Crippen MR) is 23.0 cm³/mol. The zero-order valence-corrected chi connectivity index (χ0v) is 11.5. The first kappa shape index (κ1) is 23.0. The van der Waals surface area contributed by atoms with Crippen LogP contribution in [-0.2, 0) is 9.59 Å². The van der Waals surface area contributed by atoms with Crippen molar-refractivity contribution in [1.82, 2.24) is 0 Å². The number of carboxylic acid groups (broad SMARTS) is 2. The Labute approximate surface area is 131 Å². The molecule has 0 heterocycles. The molecule has 0 aromatic heterocycles. The van der Waals surface area contributed by atoms with Gasteiger partial charge in [-0.25, -0.2) is 4.79 Å². The molecule has 0 aliphatic heterocycles. The number of hydrogen-bond donors (Lipinski definition) is 1. The number of carbonyl (C=O) groups excluding carboxylic acids is 1. The van der Waals surface area contributed by atoms with Crippen LogP contribution in [0.3, 0.4) is 0 Å². The summed E-state index contributed by atoms with van der Waals surface area (Å²) in [5.74, 6) is -4.01. The van der Waals surface area contributed by atoms with Crippen molar-refractivity contribution in [2.24, 2.45) is 0 Å². The van der Waals surface area contributed by atoms with Gasteiger partial charge in [0.05, 0.1) is 5.09 Å². The molecule has 0 fully saturated rings. The molecule has 0 radical (unpaired) electrons. The summed E-state index contributed by atoms with van der Waals surface area (Å²) in [6.07, 6.45) is 0. The Morgan fingerprint density at radius 1 is 1.25 bits per heavy atom. The van der Waals surface area contributed by atoms with Gasteiger partial charge in [0.1, 0.15) is 0 Å². The number of aliphatic carboxylic acids is 2. The van der Waals surface area contributed by atoms with Crippen molar-refractivity contribution in [2.75, 3.05) is 0 Å². The molecular formula is C2HKNNaO7. The van der Waals surface area contributed by atoms with Crippen molar-refractivity contribution >= 4 is 11.9 Å². The van der Waals surface area contributed by atoms with E-state index in [1.165, 1.54) is 0 Å². The van der Waals surface area contributed by atoms with E-state index < -0.39 is 17.0 Å². The maximum atomic E-state index is 9.04. The van der Waals surface area contributed by atoms with Gasteiger partial charge in [0.25, 0.3) is 0 Å². The van der Waals surface area contributed by atoms with Crippen LogP contribution in [0.15, 0.2) is 0 Å². The van der Waals surface area contributed by atoms with Gasteiger partial charge in [0, 0.05) is 0 Å². The van der Waals surface area contributed by atoms with Crippen LogP contribution >= 0.6 is 0 Å². The van der Waals surface area contributed by atoms with Gasteiger partial charge >= 0.3 is 86.9 Å². The standard InChI is InChI=1S/C2H2O4.K.NO3.Na/c3-1(4)2(5)6;;2-1(3)4;/h(H,3,4)(H,5,6);;;/q;+1;-1;+1/p-1. The summed E-state index contributed by atoms with van der Waals surface area (Å²) in [5.41, 5.74) is 0. The van der Waals surface area contributed by atoms with Gasteiger partial charge in [0.15, 0.2) is 5.97 Å². The number of carboxylic acids is 2. The summed E-state index contributed by atoms with van der Waals surface area (Å²) in [6.45, 7) is 0. The minimum atomic E-state index is -2.07. The molecule has 0 aromatic carbocycles. The van der Waals surface area contributed by atoms with Crippen LogP contribution in [-0.4, -0.2) is 22.1 Å². The van der Waals surface area contributed by atoms with Crippen molar-refractivity contribution in [1.29, 1.82) is 0 Å². The van der Waals surface area contributed by atoms with Gasteiger partial charge in [-0.1, -0.05) is 0 Å². The Morgan fingerprint density at radius 3 is 1.33 bits per heavy atom. The number of nitrogens with zero attached hydrogens (tertiary/aromatic N) is 1. The van der Waals surface area contributed by atoms with Gasteiger partial charge in [0.2, 0.25) is 0 Å².